The molecule has 0 aliphatic heterocycles. The third-order valence-electron chi connectivity index (χ3n) is 4.94. The highest BCUT2D eigenvalue weighted by Crippen LogP contribution is 2.37. The first-order chi connectivity index (χ1) is 14.9. The summed E-state index contributed by atoms with van der Waals surface area (Å²) in [6.45, 7) is 3.29. The van der Waals surface area contributed by atoms with Crippen LogP contribution in [0.5, 0.6) is 5.75 Å². The average molecular weight is 478 g/mol. The van der Waals surface area contributed by atoms with Gasteiger partial charge in [0.05, 0.1) is 30.0 Å². The van der Waals surface area contributed by atoms with Crippen molar-refractivity contribution in [2.75, 3.05) is 46.3 Å². The van der Waals surface area contributed by atoms with Crippen LogP contribution in [0.2, 0.25) is 0 Å². The van der Waals surface area contributed by atoms with Crippen LogP contribution in [0.15, 0.2) is 36.4 Å². The Morgan fingerprint density at radius 3 is 2.34 bits per heavy atom. The summed E-state index contributed by atoms with van der Waals surface area (Å²) >= 11 is 1.45. The van der Waals surface area contributed by atoms with Crippen LogP contribution in [0.4, 0.5) is 5.13 Å². The number of fused-ring (bicyclic) bond motifs is 1. The number of aromatic nitrogens is 1. The van der Waals surface area contributed by atoms with Gasteiger partial charge in [0.25, 0.3) is 5.91 Å². The molecule has 0 N–H and O–H groups in total. The lowest BCUT2D eigenvalue weighted by molar-refractivity contribution is 0.0597. The Labute approximate surface area is 198 Å². The first-order valence-corrected chi connectivity index (χ1v) is 10.8. The molecule has 1 aromatic heterocycles. The Bertz CT molecular complexity index is 1100. The van der Waals surface area contributed by atoms with E-state index in [1.807, 2.05) is 33.2 Å². The molecule has 0 aliphatic carbocycles. The van der Waals surface area contributed by atoms with E-state index < -0.39 is 5.97 Å². The normalized spacial score (nSPS) is 10.7. The van der Waals surface area contributed by atoms with Crippen molar-refractivity contribution in [3.05, 3.63) is 53.1 Å². The number of anilines is 1. The zero-order chi connectivity index (χ0) is 22.5. The minimum absolute atomic E-state index is 0. The molecule has 7 nitrogen and oxygen atoms in total. The van der Waals surface area contributed by atoms with Crippen LogP contribution in [0.3, 0.4) is 0 Å². The third kappa shape index (κ3) is 5.38. The Morgan fingerprint density at radius 1 is 1.03 bits per heavy atom. The Hall–Kier alpha value is -2.68. The van der Waals surface area contributed by atoms with Crippen molar-refractivity contribution < 1.29 is 19.1 Å². The van der Waals surface area contributed by atoms with Crippen LogP contribution in [-0.2, 0) is 4.74 Å². The van der Waals surface area contributed by atoms with Gasteiger partial charge in [0.15, 0.2) is 5.13 Å². The largest absolute Gasteiger partial charge is 0.494 e. The van der Waals surface area contributed by atoms with Crippen molar-refractivity contribution in [3.8, 4) is 5.75 Å². The van der Waals surface area contributed by atoms with Crippen LogP contribution in [0.1, 0.15) is 32.7 Å². The maximum atomic E-state index is 13.6. The van der Waals surface area contributed by atoms with Gasteiger partial charge in [-0.2, -0.15) is 0 Å². The molecule has 0 bridgehead atoms. The predicted molar refractivity (Wildman–Crippen MR) is 131 cm³/mol. The zero-order valence-electron chi connectivity index (χ0n) is 18.9. The Kier molecular flexibility index (Phi) is 9.00. The number of halogens is 1. The van der Waals surface area contributed by atoms with Gasteiger partial charge in [-0.15, -0.1) is 12.4 Å². The lowest BCUT2D eigenvalue weighted by atomic mass is 10.1. The van der Waals surface area contributed by atoms with Crippen molar-refractivity contribution in [2.45, 2.75) is 13.3 Å². The summed E-state index contributed by atoms with van der Waals surface area (Å²) in [7, 11) is 6.89. The first-order valence-electron chi connectivity index (χ1n) is 9.95. The quantitative estimate of drug-likeness (QED) is 0.447. The molecular formula is C23H28ClN3O4S. The molecule has 9 heteroatoms. The fourth-order valence-electron chi connectivity index (χ4n) is 3.31. The number of ether oxygens (including phenoxy) is 2. The second-order valence-corrected chi connectivity index (χ2v) is 8.39. The maximum absolute atomic E-state index is 13.6. The van der Waals surface area contributed by atoms with E-state index in [-0.39, 0.29) is 23.9 Å². The maximum Gasteiger partial charge on any atom is 0.338 e. The summed E-state index contributed by atoms with van der Waals surface area (Å²) in [4.78, 5) is 34.3. The van der Waals surface area contributed by atoms with Gasteiger partial charge >= 0.3 is 5.97 Å². The van der Waals surface area contributed by atoms with Crippen molar-refractivity contribution >= 4 is 51.0 Å². The highest BCUT2D eigenvalue weighted by Gasteiger charge is 2.26. The highest BCUT2D eigenvalue weighted by molar-refractivity contribution is 7.22. The number of thiazole rings is 1. The van der Waals surface area contributed by atoms with Gasteiger partial charge < -0.3 is 14.4 Å². The molecule has 1 amide bonds. The third-order valence-corrected chi connectivity index (χ3v) is 6.15. The molecule has 0 spiro atoms. The van der Waals surface area contributed by atoms with Crippen molar-refractivity contribution in [1.29, 1.82) is 0 Å². The smallest absolute Gasteiger partial charge is 0.338 e. The molecule has 3 aromatic rings. The summed E-state index contributed by atoms with van der Waals surface area (Å²) in [6, 6.07) is 10.6. The number of carbonyl (C=O) groups is 2. The molecule has 172 valence electrons. The molecule has 0 saturated carbocycles. The van der Waals surface area contributed by atoms with Crippen LogP contribution in [0.25, 0.3) is 10.2 Å². The first kappa shape index (κ1) is 25.6. The zero-order valence-corrected chi connectivity index (χ0v) is 20.5. The van der Waals surface area contributed by atoms with Crippen LogP contribution in [0, 0.1) is 6.92 Å². The monoisotopic (exact) mass is 477 g/mol. The summed E-state index contributed by atoms with van der Waals surface area (Å²) < 4.78 is 11.3. The fourth-order valence-corrected chi connectivity index (χ4v) is 4.39. The molecule has 0 radical (unpaired) electrons. The van der Waals surface area contributed by atoms with E-state index in [0.29, 0.717) is 23.0 Å². The molecular weight excluding hydrogens is 450 g/mol. The standard InChI is InChI=1S/C23H27N3O4S.ClH/c1-15-11-12-18(29-4)19-20(15)31-23(24-19)26(14-8-13-25(2)3)21(27)16-9-6-7-10-17(16)22(28)30-5;/h6-7,9-12H,8,13-14H2,1-5H3;1H. The number of carbonyl (C=O) groups excluding carboxylic acids is 2. The molecule has 3 rings (SSSR count). The van der Waals surface area contributed by atoms with Crippen LogP contribution >= 0.6 is 23.7 Å². The number of amides is 1. The van der Waals surface area contributed by atoms with Gasteiger partial charge in [-0.25, -0.2) is 9.78 Å². The van der Waals surface area contributed by atoms with E-state index in [9.17, 15) is 9.59 Å². The van der Waals surface area contributed by atoms with E-state index >= 15 is 0 Å². The fraction of sp³-hybridized carbons (Fsp3) is 0.348. The number of aryl methyl sites for hydroxylation is 1. The molecule has 0 aliphatic rings. The molecule has 0 atom stereocenters. The second-order valence-electron chi connectivity index (χ2n) is 7.41. The summed E-state index contributed by atoms with van der Waals surface area (Å²) in [5.74, 6) is -0.159. The van der Waals surface area contributed by atoms with Crippen molar-refractivity contribution in [3.63, 3.8) is 0 Å². The van der Waals surface area contributed by atoms with Crippen molar-refractivity contribution in [2.24, 2.45) is 0 Å². The lowest BCUT2D eigenvalue weighted by Gasteiger charge is -2.22. The number of esters is 1. The lowest BCUT2D eigenvalue weighted by Crippen LogP contribution is -2.34. The number of benzene rings is 2. The van der Waals surface area contributed by atoms with E-state index in [0.717, 1.165) is 28.7 Å². The second kappa shape index (κ2) is 11.3. The molecule has 32 heavy (non-hydrogen) atoms. The van der Waals surface area contributed by atoms with Gasteiger partial charge in [-0.05, 0) is 57.7 Å². The van der Waals surface area contributed by atoms with Gasteiger partial charge in [-0.3, -0.25) is 9.69 Å². The molecule has 0 unspecified atom stereocenters. The van der Waals surface area contributed by atoms with Gasteiger partial charge in [0.2, 0.25) is 0 Å². The van der Waals surface area contributed by atoms with Crippen molar-refractivity contribution in [1.82, 2.24) is 9.88 Å². The molecule has 2 aromatic carbocycles. The van der Waals surface area contributed by atoms with Gasteiger partial charge in [0.1, 0.15) is 11.3 Å². The number of nitrogens with zero attached hydrogens (tertiary/aromatic N) is 3. The SMILES string of the molecule is COC(=O)c1ccccc1C(=O)N(CCCN(C)C)c1nc2c(OC)ccc(C)c2s1.Cl. The molecule has 0 fully saturated rings. The Morgan fingerprint density at radius 2 is 1.72 bits per heavy atom. The number of hydrogen-bond acceptors (Lipinski definition) is 7. The van der Waals surface area contributed by atoms with Crippen LogP contribution in [-0.4, -0.2) is 63.2 Å². The Balaban J connectivity index is 0.00000363. The summed E-state index contributed by atoms with van der Waals surface area (Å²) in [5.41, 5.74) is 2.33. The molecule has 1 heterocycles. The van der Waals surface area contributed by atoms with E-state index in [1.165, 1.54) is 18.4 Å². The highest BCUT2D eigenvalue weighted by atomic mass is 35.5. The molecule has 0 saturated heterocycles. The number of methoxy groups -OCH3 is 2. The van der Waals surface area contributed by atoms with E-state index in [1.54, 1.807) is 36.3 Å². The van der Waals surface area contributed by atoms with E-state index in [4.69, 9.17) is 14.5 Å². The topological polar surface area (TPSA) is 72.0 Å². The van der Waals surface area contributed by atoms with Gasteiger partial charge in [0, 0.05) is 6.54 Å². The predicted octanol–water partition coefficient (Wildman–Crippen LogP) is 4.42. The number of rotatable bonds is 8. The summed E-state index contributed by atoms with van der Waals surface area (Å²) in [5, 5.41) is 0.575. The van der Waals surface area contributed by atoms with Gasteiger partial charge in [-0.1, -0.05) is 29.5 Å². The minimum Gasteiger partial charge on any atom is -0.494 e. The average Bonchev–Trinajstić information content (AvgIpc) is 3.22. The summed E-state index contributed by atoms with van der Waals surface area (Å²) in [6.07, 6.45) is 0.755. The van der Waals surface area contributed by atoms with Crippen LogP contribution < -0.4 is 9.64 Å². The minimum atomic E-state index is -0.543. The van der Waals surface area contributed by atoms with E-state index in [2.05, 4.69) is 4.90 Å². The number of hydrogen-bond donors (Lipinski definition) is 0.